The van der Waals surface area contributed by atoms with Crippen LogP contribution >= 0.6 is 0 Å². The van der Waals surface area contributed by atoms with E-state index in [0.29, 0.717) is 28.9 Å². The van der Waals surface area contributed by atoms with Crippen molar-refractivity contribution in [2.75, 3.05) is 0 Å². The molecule has 4 aromatic carbocycles. The molecule has 0 aliphatic rings. The Morgan fingerprint density at radius 1 is 0.377 bits per heavy atom. The van der Waals surface area contributed by atoms with Gasteiger partial charge >= 0.3 is 0 Å². The second kappa shape index (κ2) is 12.7. The van der Waals surface area contributed by atoms with Crippen molar-refractivity contribution >= 4 is 43.6 Å². The minimum Gasteiger partial charge on any atom is -0.457 e. The Hall–Kier alpha value is -7.52. The van der Waals surface area contributed by atoms with E-state index >= 15 is 0 Å². The Labute approximate surface area is 302 Å². The van der Waals surface area contributed by atoms with Crippen molar-refractivity contribution in [1.82, 2.24) is 34.5 Å². The molecule has 6 aromatic heterocycles. The number of hydrogen-bond acceptors (Lipinski definition) is 8. The molecule has 0 atom stereocenters. The minimum absolute atomic E-state index is 0.537. The predicted octanol–water partition coefficient (Wildman–Crippen LogP) is 10.4. The molecule has 0 saturated heterocycles. The third-order valence-corrected chi connectivity index (χ3v) is 9.19. The molecule has 0 unspecified atom stereocenters. The van der Waals surface area contributed by atoms with Crippen LogP contribution in [0.15, 0.2) is 165 Å². The molecule has 0 radical (unpaired) electrons. The van der Waals surface area contributed by atoms with E-state index in [1.165, 1.54) is 0 Å². The van der Waals surface area contributed by atoms with Crippen LogP contribution in [0.5, 0.6) is 23.0 Å². The first-order valence-electron chi connectivity index (χ1n) is 17.1. The van der Waals surface area contributed by atoms with Gasteiger partial charge in [-0.3, -0.25) is 24.5 Å². The van der Waals surface area contributed by atoms with Gasteiger partial charge in [0.15, 0.2) is 0 Å². The largest absolute Gasteiger partial charge is 0.457 e. The van der Waals surface area contributed by atoms with Gasteiger partial charge in [-0.2, -0.15) is 0 Å². The van der Waals surface area contributed by atoms with Crippen LogP contribution in [0.2, 0.25) is 0 Å². The summed E-state index contributed by atoms with van der Waals surface area (Å²) in [6.45, 7) is 0. The summed E-state index contributed by atoms with van der Waals surface area (Å²) < 4.78 is 15.0. The van der Waals surface area contributed by atoms with Crippen molar-refractivity contribution in [3.8, 4) is 51.5 Å². The van der Waals surface area contributed by atoms with Crippen molar-refractivity contribution in [3.63, 3.8) is 0 Å². The maximum absolute atomic E-state index is 6.49. The van der Waals surface area contributed by atoms with Gasteiger partial charge in [0.25, 0.3) is 0 Å². The van der Waals surface area contributed by atoms with Crippen molar-refractivity contribution in [1.29, 1.82) is 0 Å². The van der Waals surface area contributed by atoms with Gasteiger partial charge in [0.05, 0.1) is 33.5 Å². The molecule has 10 aromatic rings. The molecule has 0 aliphatic carbocycles. The first-order valence-corrected chi connectivity index (χ1v) is 17.1. The average molecular weight is 686 g/mol. The number of benzene rings is 4. The van der Waals surface area contributed by atoms with Crippen molar-refractivity contribution in [2.24, 2.45) is 0 Å². The van der Waals surface area contributed by atoms with E-state index in [9.17, 15) is 0 Å². The number of rotatable bonds is 7. The molecule has 0 saturated carbocycles. The fraction of sp³-hybridized carbons (Fsp3) is 0. The highest BCUT2D eigenvalue weighted by molar-refractivity contribution is 6.09. The van der Waals surface area contributed by atoms with Crippen LogP contribution in [0.1, 0.15) is 0 Å². The van der Waals surface area contributed by atoms with E-state index in [2.05, 4.69) is 42.0 Å². The second-order valence-corrected chi connectivity index (χ2v) is 12.5. The zero-order valence-corrected chi connectivity index (χ0v) is 28.0. The number of fused-ring (bicyclic) bond motifs is 5. The number of pyridine rings is 4. The summed E-state index contributed by atoms with van der Waals surface area (Å²) in [7, 11) is 0. The Bertz CT molecular complexity index is 2790. The van der Waals surface area contributed by atoms with E-state index < -0.39 is 0 Å². The van der Waals surface area contributed by atoms with Crippen molar-refractivity contribution in [3.05, 3.63) is 165 Å². The number of hydrogen-bond donors (Lipinski definition) is 0. The first-order chi connectivity index (χ1) is 26.2. The highest BCUT2D eigenvalue weighted by Gasteiger charge is 2.17. The van der Waals surface area contributed by atoms with Crippen molar-refractivity contribution in [2.45, 2.75) is 0 Å². The van der Waals surface area contributed by atoms with Crippen LogP contribution in [0.3, 0.4) is 0 Å². The Kier molecular flexibility index (Phi) is 7.25. The number of ether oxygens (including phenoxy) is 2. The Morgan fingerprint density at radius 3 is 1.40 bits per heavy atom. The summed E-state index contributed by atoms with van der Waals surface area (Å²) in [6, 6.07) is 41.6. The summed E-state index contributed by atoms with van der Waals surface area (Å²) >= 11 is 0. The van der Waals surface area contributed by atoms with Gasteiger partial charge in [0, 0.05) is 82.0 Å². The van der Waals surface area contributed by atoms with E-state index in [1.54, 1.807) is 43.2 Å². The van der Waals surface area contributed by atoms with Gasteiger partial charge in [0.2, 0.25) is 5.95 Å². The van der Waals surface area contributed by atoms with Crippen LogP contribution in [0, 0.1) is 0 Å². The zero-order valence-electron chi connectivity index (χ0n) is 28.0. The molecular weight excluding hydrogens is 659 g/mol. The molecule has 53 heavy (non-hydrogen) atoms. The van der Waals surface area contributed by atoms with Gasteiger partial charge < -0.3 is 9.47 Å². The molecule has 9 nitrogen and oxygen atoms in total. The highest BCUT2D eigenvalue weighted by Crippen LogP contribution is 2.38. The third-order valence-electron chi connectivity index (χ3n) is 9.19. The lowest BCUT2D eigenvalue weighted by molar-refractivity contribution is 0.483. The van der Waals surface area contributed by atoms with Crippen LogP contribution in [0.4, 0.5) is 0 Å². The smallest absolute Gasteiger partial charge is 0.234 e. The summed E-state index contributed by atoms with van der Waals surface area (Å²) in [4.78, 5) is 27.7. The highest BCUT2D eigenvalue weighted by atomic mass is 16.5. The van der Waals surface area contributed by atoms with Gasteiger partial charge in [-0.05, 0) is 78.9 Å². The van der Waals surface area contributed by atoms with Crippen LogP contribution in [-0.2, 0) is 0 Å². The van der Waals surface area contributed by atoms with Gasteiger partial charge in [-0.1, -0.05) is 36.4 Å². The quantitative estimate of drug-likeness (QED) is 0.163. The molecule has 250 valence electrons. The monoisotopic (exact) mass is 685 g/mol. The summed E-state index contributed by atoms with van der Waals surface area (Å²) in [6.07, 6.45) is 10.7. The van der Waals surface area contributed by atoms with E-state index in [1.807, 2.05) is 114 Å². The third kappa shape index (κ3) is 5.53. The fourth-order valence-electron chi connectivity index (χ4n) is 6.84. The zero-order chi connectivity index (χ0) is 35.1. The van der Waals surface area contributed by atoms with Crippen LogP contribution in [-0.4, -0.2) is 34.5 Å². The van der Waals surface area contributed by atoms with E-state index in [-0.39, 0.29) is 0 Å². The lowest BCUT2D eigenvalue weighted by Crippen LogP contribution is -2.00. The first kappa shape index (κ1) is 30.3. The van der Waals surface area contributed by atoms with E-state index in [0.717, 1.165) is 66.1 Å². The van der Waals surface area contributed by atoms with Gasteiger partial charge in [0.1, 0.15) is 23.0 Å². The number of aromatic nitrogens is 7. The van der Waals surface area contributed by atoms with E-state index in [4.69, 9.17) is 9.47 Å². The molecule has 0 fully saturated rings. The SMILES string of the molecule is c1cnc(-n2c3cc(Oc4cccc(-c5nccc6cccnc56)c4)ccc3c3ccc(Oc4cccc(-c5nccc6cccnc56)c4)cc32)nc1. The minimum atomic E-state index is 0.537. The van der Waals surface area contributed by atoms with Crippen LogP contribution < -0.4 is 9.47 Å². The second-order valence-electron chi connectivity index (χ2n) is 12.5. The predicted molar refractivity (Wildman–Crippen MR) is 206 cm³/mol. The molecule has 10 rings (SSSR count). The summed E-state index contributed by atoms with van der Waals surface area (Å²) in [5.41, 5.74) is 6.93. The lowest BCUT2D eigenvalue weighted by atomic mass is 10.1. The molecule has 0 amide bonds. The summed E-state index contributed by atoms with van der Waals surface area (Å²) in [5, 5.41) is 4.12. The molecule has 0 N–H and O–H groups in total. The Balaban J connectivity index is 1.02. The molecule has 0 spiro atoms. The molecule has 0 aliphatic heterocycles. The normalized spacial score (nSPS) is 11.4. The van der Waals surface area contributed by atoms with Crippen LogP contribution in [0.25, 0.3) is 72.1 Å². The standard InChI is InChI=1S/C44H27N7O2/c1-6-30(42-40-28(16-22-47-42)8-3-18-45-40)24-32(10-1)52-34-12-14-36-37-15-13-35(27-39(37)51(38(36)26-34)44-49-20-5-21-50-44)53-33-11-2-7-31(25-33)43-41-29(17-23-48-43)9-4-19-46-41/h1-27H. The number of nitrogens with zero attached hydrogens (tertiary/aromatic N) is 7. The summed E-state index contributed by atoms with van der Waals surface area (Å²) in [5.74, 6) is 3.24. The lowest BCUT2D eigenvalue weighted by Gasteiger charge is -2.11. The topological polar surface area (TPSA) is 101 Å². The maximum Gasteiger partial charge on any atom is 0.234 e. The molecular formula is C44H27N7O2. The van der Waals surface area contributed by atoms with Gasteiger partial charge in [-0.25, -0.2) is 9.97 Å². The van der Waals surface area contributed by atoms with Crippen molar-refractivity contribution < 1.29 is 9.47 Å². The fourth-order valence-corrected chi connectivity index (χ4v) is 6.84. The molecule has 9 heteroatoms. The maximum atomic E-state index is 6.49. The Morgan fingerprint density at radius 2 is 0.868 bits per heavy atom. The molecule has 0 bridgehead atoms. The van der Waals surface area contributed by atoms with Gasteiger partial charge in [-0.15, -0.1) is 0 Å². The average Bonchev–Trinajstić information content (AvgIpc) is 3.53. The molecule has 6 heterocycles.